The number of carbonyl (C=O) groups is 1. The Morgan fingerprint density at radius 1 is 1.56 bits per heavy atom. The van der Waals surface area contributed by atoms with E-state index >= 15 is 0 Å². The van der Waals surface area contributed by atoms with E-state index < -0.39 is 5.82 Å². The highest BCUT2D eigenvalue weighted by molar-refractivity contribution is 6.31. The largest absolute Gasteiger partial charge is 0.397 e. The Balaban J connectivity index is 2.81. The minimum absolute atomic E-state index is 0.0182. The molecule has 100 valence electrons. The number of hydrogen-bond donors (Lipinski definition) is 2. The second kappa shape index (κ2) is 5.91. The van der Waals surface area contributed by atoms with Crippen molar-refractivity contribution in [3.05, 3.63) is 23.0 Å². The molecular formula is C12H17ClFN3O. The first-order chi connectivity index (χ1) is 8.31. The minimum Gasteiger partial charge on any atom is -0.397 e. The fourth-order valence-electron chi connectivity index (χ4n) is 1.55. The summed E-state index contributed by atoms with van der Waals surface area (Å²) in [5.74, 6) is -0.703. The van der Waals surface area contributed by atoms with Crippen LogP contribution >= 0.6 is 11.6 Å². The highest BCUT2D eigenvalue weighted by Gasteiger charge is 2.13. The molecule has 1 rings (SSSR count). The van der Waals surface area contributed by atoms with Gasteiger partial charge in [0.25, 0.3) is 0 Å². The lowest BCUT2D eigenvalue weighted by Gasteiger charge is -2.21. The second-order valence-electron chi connectivity index (χ2n) is 4.40. The fraction of sp³-hybridized carbons (Fsp3) is 0.417. The normalized spacial score (nSPS) is 10.6. The molecule has 1 aromatic rings. The lowest BCUT2D eigenvalue weighted by Crippen LogP contribution is -2.38. The third-order valence-corrected chi connectivity index (χ3v) is 2.60. The van der Waals surface area contributed by atoms with Crippen molar-refractivity contribution in [3.63, 3.8) is 0 Å². The fourth-order valence-corrected chi connectivity index (χ4v) is 1.71. The molecule has 0 saturated carbocycles. The number of carbonyl (C=O) groups excluding carboxylic acids is 1. The third-order valence-electron chi connectivity index (χ3n) is 2.31. The van der Waals surface area contributed by atoms with Crippen LogP contribution in [0.25, 0.3) is 0 Å². The van der Waals surface area contributed by atoms with E-state index in [2.05, 4.69) is 5.32 Å². The first-order valence-corrected chi connectivity index (χ1v) is 5.94. The molecule has 0 bridgehead atoms. The van der Waals surface area contributed by atoms with E-state index in [0.717, 1.165) is 6.07 Å². The summed E-state index contributed by atoms with van der Waals surface area (Å²) in [5.41, 5.74) is 6.47. The summed E-state index contributed by atoms with van der Waals surface area (Å²) in [6.07, 6.45) is 0. The molecule has 0 atom stereocenters. The number of benzene rings is 1. The average molecular weight is 274 g/mol. The monoisotopic (exact) mass is 273 g/mol. The number of halogens is 2. The average Bonchev–Trinajstić information content (AvgIpc) is 2.21. The van der Waals surface area contributed by atoms with Crippen molar-refractivity contribution in [2.45, 2.75) is 19.9 Å². The van der Waals surface area contributed by atoms with Gasteiger partial charge in [0.05, 0.1) is 22.9 Å². The quantitative estimate of drug-likeness (QED) is 0.825. The summed E-state index contributed by atoms with van der Waals surface area (Å²) in [4.78, 5) is 13.2. The Labute approximate surface area is 111 Å². The van der Waals surface area contributed by atoms with Crippen LogP contribution in [0, 0.1) is 5.82 Å². The van der Waals surface area contributed by atoms with Crippen LogP contribution in [0.2, 0.25) is 5.02 Å². The molecule has 1 amide bonds. The number of nitrogens with zero attached hydrogens (tertiary/aromatic N) is 1. The van der Waals surface area contributed by atoms with Crippen LogP contribution in [0.4, 0.5) is 15.8 Å². The van der Waals surface area contributed by atoms with Crippen LogP contribution in [0.3, 0.4) is 0 Å². The molecule has 18 heavy (non-hydrogen) atoms. The SMILES string of the molecule is CC(C)NC(=O)CN(C)c1cc(Cl)c(F)cc1N. The molecule has 3 N–H and O–H groups in total. The molecule has 0 saturated heterocycles. The predicted octanol–water partition coefficient (Wildman–Crippen LogP) is 2.02. The molecule has 0 aromatic heterocycles. The van der Waals surface area contributed by atoms with Crippen molar-refractivity contribution in [2.24, 2.45) is 0 Å². The van der Waals surface area contributed by atoms with E-state index in [-0.39, 0.29) is 29.2 Å². The zero-order chi connectivity index (χ0) is 13.9. The molecule has 0 aliphatic carbocycles. The van der Waals surface area contributed by atoms with Crippen LogP contribution in [-0.2, 0) is 4.79 Å². The number of amides is 1. The topological polar surface area (TPSA) is 58.4 Å². The van der Waals surface area contributed by atoms with E-state index in [1.165, 1.54) is 6.07 Å². The molecule has 0 fully saturated rings. The second-order valence-corrected chi connectivity index (χ2v) is 4.81. The van der Waals surface area contributed by atoms with Crippen LogP contribution < -0.4 is 16.0 Å². The Bertz CT molecular complexity index is 451. The van der Waals surface area contributed by atoms with Crippen molar-refractivity contribution in [2.75, 3.05) is 24.2 Å². The van der Waals surface area contributed by atoms with E-state index in [0.29, 0.717) is 5.69 Å². The van der Waals surface area contributed by atoms with E-state index in [4.69, 9.17) is 17.3 Å². The summed E-state index contributed by atoms with van der Waals surface area (Å²) in [6.45, 7) is 3.88. The van der Waals surface area contributed by atoms with Crippen LogP contribution in [0.1, 0.15) is 13.8 Å². The third kappa shape index (κ3) is 3.77. The molecule has 0 spiro atoms. The van der Waals surface area contributed by atoms with Gasteiger partial charge in [-0.15, -0.1) is 0 Å². The van der Waals surface area contributed by atoms with Crippen molar-refractivity contribution < 1.29 is 9.18 Å². The highest BCUT2D eigenvalue weighted by Crippen LogP contribution is 2.28. The summed E-state index contributed by atoms with van der Waals surface area (Å²) < 4.78 is 13.1. The van der Waals surface area contributed by atoms with Crippen molar-refractivity contribution in [3.8, 4) is 0 Å². The smallest absolute Gasteiger partial charge is 0.239 e. The Hall–Kier alpha value is -1.49. The predicted molar refractivity (Wildman–Crippen MR) is 72.4 cm³/mol. The number of rotatable bonds is 4. The van der Waals surface area contributed by atoms with E-state index in [9.17, 15) is 9.18 Å². The van der Waals surface area contributed by atoms with Gasteiger partial charge in [-0.1, -0.05) is 11.6 Å². The highest BCUT2D eigenvalue weighted by atomic mass is 35.5. The van der Waals surface area contributed by atoms with Gasteiger partial charge in [-0.05, 0) is 19.9 Å². The number of nitrogens with one attached hydrogen (secondary N) is 1. The maximum atomic E-state index is 13.1. The molecule has 0 aliphatic rings. The molecule has 0 unspecified atom stereocenters. The van der Waals surface area contributed by atoms with Gasteiger partial charge in [0.15, 0.2) is 0 Å². The molecule has 1 aromatic carbocycles. The van der Waals surface area contributed by atoms with Crippen LogP contribution in [0.5, 0.6) is 0 Å². The number of nitrogens with two attached hydrogens (primary N) is 1. The molecule has 0 aliphatic heterocycles. The zero-order valence-corrected chi connectivity index (χ0v) is 11.4. The molecular weight excluding hydrogens is 257 g/mol. The maximum absolute atomic E-state index is 13.1. The standard InChI is InChI=1S/C12H17ClFN3O/c1-7(2)16-12(18)6-17(3)11-4-8(13)9(14)5-10(11)15/h4-5,7H,6,15H2,1-3H3,(H,16,18). The Kier molecular flexibility index (Phi) is 4.78. The molecule has 4 nitrogen and oxygen atoms in total. The number of likely N-dealkylation sites (N-methyl/N-ethyl adjacent to an activating group) is 1. The van der Waals surface area contributed by atoms with Gasteiger partial charge >= 0.3 is 0 Å². The maximum Gasteiger partial charge on any atom is 0.239 e. The van der Waals surface area contributed by atoms with Gasteiger partial charge in [-0.2, -0.15) is 0 Å². The summed E-state index contributed by atoms with van der Waals surface area (Å²) in [5, 5.41) is 2.74. The molecule has 0 heterocycles. The molecule has 6 heteroatoms. The van der Waals surface area contributed by atoms with Gasteiger partial charge in [0.1, 0.15) is 5.82 Å². The molecule has 0 radical (unpaired) electrons. The van der Waals surface area contributed by atoms with Crippen molar-refractivity contribution >= 4 is 28.9 Å². The van der Waals surface area contributed by atoms with Crippen molar-refractivity contribution in [1.82, 2.24) is 5.32 Å². The summed E-state index contributed by atoms with van der Waals surface area (Å²) in [6, 6.07) is 2.63. The lowest BCUT2D eigenvalue weighted by atomic mass is 10.2. The zero-order valence-electron chi connectivity index (χ0n) is 10.6. The number of hydrogen-bond acceptors (Lipinski definition) is 3. The lowest BCUT2D eigenvalue weighted by molar-refractivity contribution is -0.120. The van der Waals surface area contributed by atoms with Gasteiger partial charge < -0.3 is 16.0 Å². The van der Waals surface area contributed by atoms with Gasteiger partial charge in [0.2, 0.25) is 5.91 Å². The van der Waals surface area contributed by atoms with Crippen LogP contribution in [0.15, 0.2) is 12.1 Å². The van der Waals surface area contributed by atoms with Gasteiger partial charge in [-0.3, -0.25) is 4.79 Å². The first kappa shape index (κ1) is 14.6. The number of nitrogen functional groups attached to an aromatic ring is 1. The summed E-state index contributed by atoms with van der Waals surface area (Å²) >= 11 is 5.69. The summed E-state index contributed by atoms with van der Waals surface area (Å²) in [7, 11) is 1.69. The van der Waals surface area contributed by atoms with E-state index in [1.54, 1.807) is 11.9 Å². The Morgan fingerprint density at radius 2 is 2.17 bits per heavy atom. The first-order valence-electron chi connectivity index (χ1n) is 5.56. The van der Waals surface area contributed by atoms with Gasteiger partial charge in [-0.25, -0.2) is 4.39 Å². The van der Waals surface area contributed by atoms with Crippen LogP contribution in [-0.4, -0.2) is 25.5 Å². The number of anilines is 2. The minimum atomic E-state index is -0.571. The Morgan fingerprint density at radius 3 is 2.72 bits per heavy atom. The van der Waals surface area contributed by atoms with E-state index in [1.807, 2.05) is 13.8 Å². The van der Waals surface area contributed by atoms with Gasteiger partial charge in [0, 0.05) is 19.2 Å². The van der Waals surface area contributed by atoms with Crippen molar-refractivity contribution in [1.29, 1.82) is 0 Å².